The number of rotatable bonds is 5. The van der Waals surface area contributed by atoms with Crippen LogP contribution >= 0.6 is 38.5 Å². The molecule has 8 nitrogen and oxygen atoms in total. The summed E-state index contributed by atoms with van der Waals surface area (Å²) < 4.78 is 12.5. The maximum absolute atomic E-state index is 13.1. The van der Waals surface area contributed by atoms with Crippen LogP contribution < -0.4 is 19.7 Å². The number of barbiturate groups is 1. The van der Waals surface area contributed by atoms with E-state index in [2.05, 4.69) is 43.8 Å². The molecule has 0 atom stereocenters. The Morgan fingerprint density at radius 1 is 0.971 bits per heavy atom. The number of hydrogen-bond acceptors (Lipinski definition) is 6. The van der Waals surface area contributed by atoms with Crippen molar-refractivity contribution in [3.63, 3.8) is 0 Å². The van der Waals surface area contributed by atoms with Crippen molar-refractivity contribution in [1.82, 2.24) is 5.32 Å². The van der Waals surface area contributed by atoms with Gasteiger partial charge in [0.1, 0.15) is 5.57 Å². The van der Waals surface area contributed by atoms with Crippen molar-refractivity contribution in [1.29, 1.82) is 0 Å². The lowest BCUT2D eigenvalue weighted by molar-refractivity contribution is -0.122. The Morgan fingerprint density at radius 3 is 2.31 bits per heavy atom. The van der Waals surface area contributed by atoms with Gasteiger partial charge in [-0.1, -0.05) is 22.0 Å². The molecule has 3 aromatic carbocycles. The molecule has 1 fully saturated rings. The molecule has 3 aromatic rings. The van der Waals surface area contributed by atoms with E-state index in [1.165, 1.54) is 25.3 Å². The molecule has 35 heavy (non-hydrogen) atoms. The Morgan fingerprint density at radius 2 is 1.66 bits per heavy atom. The predicted molar refractivity (Wildman–Crippen MR) is 140 cm³/mol. The predicted octanol–water partition coefficient (Wildman–Crippen LogP) is 4.95. The average Bonchev–Trinajstić information content (AvgIpc) is 2.84. The second kappa shape index (κ2) is 10.4. The smallest absolute Gasteiger partial charge is 0.343 e. The summed E-state index contributed by atoms with van der Waals surface area (Å²) in [5, 5.41) is 2.18. The number of nitrogens with one attached hydrogen (secondary N) is 1. The SMILES string of the molecule is COc1cc(/C=C2\C(=O)NC(=O)N(c3ccc(I)cc3)C2=O)ccc1OC(=O)c1ccc(Br)cc1. The van der Waals surface area contributed by atoms with Crippen LogP contribution in [0.5, 0.6) is 11.5 Å². The molecule has 0 saturated carbocycles. The molecule has 4 amide bonds. The molecule has 0 unspecified atom stereocenters. The molecule has 0 aromatic heterocycles. The highest BCUT2D eigenvalue weighted by Crippen LogP contribution is 2.31. The van der Waals surface area contributed by atoms with Gasteiger partial charge < -0.3 is 9.47 Å². The van der Waals surface area contributed by atoms with Crippen LogP contribution in [0.1, 0.15) is 15.9 Å². The van der Waals surface area contributed by atoms with Gasteiger partial charge in [-0.3, -0.25) is 14.9 Å². The molecule has 1 N–H and O–H groups in total. The zero-order valence-corrected chi connectivity index (χ0v) is 21.8. The molecule has 10 heteroatoms. The lowest BCUT2D eigenvalue weighted by Crippen LogP contribution is -2.54. The largest absolute Gasteiger partial charge is 0.493 e. The number of ether oxygens (including phenoxy) is 2. The van der Waals surface area contributed by atoms with Crippen LogP contribution in [-0.4, -0.2) is 30.9 Å². The highest BCUT2D eigenvalue weighted by atomic mass is 127. The Balaban J connectivity index is 1.61. The number of methoxy groups -OCH3 is 1. The van der Waals surface area contributed by atoms with Crippen molar-refractivity contribution in [2.75, 3.05) is 12.0 Å². The lowest BCUT2D eigenvalue weighted by atomic mass is 10.1. The molecule has 1 saturated heterocycles. The first-order valence-corrected chi connectivity index (χ1v) is 12.0. The summed E-state index contributed by atoms with van der Waals surface area (Å²) in [6, 6.07) is 17.1. The fraction of sp³-hybridized carbons (Fsp3) is 0.0400. The quantitative estimate of drug-likeness (QED) is 0.138. The molecule has 4 rings (SSSR count). The maximum atomic E-state index is 13.1. The number of halogens is 2. The standard InChI is InChI=1S/C25H16BrIN2O6/c1-34-21-13-14(2-11-20(21)35-24(32)15-3-5-16(26)6-4-15)12-19-22(30)28-25(33)29(23(19)31)18-9-7-17(27)8-10-18/h2-13H,1H3,(H,28,30,33)/b19-12+. The third-order valence-electron chi connectivity index (χ3n) is 4.97. The van der Waals surface area contributed by atoms with E-state index in [4.69, 9.17) is 9.47 Å². The third kappa shape index (κ3) is 5.43. The maximum Gasteiger partial charge on any atom is 0.343 e. The van der Waals surface area contributed by atoms with Gasteiger partial charge in [0.15, 0.2) is 11.5 Å². The third-order valence-corrected chi connectivity index (χ3v) is 6.22. The molecule has 0 spiro atoms. The molecular formula is C25H16BrIN2O6. The molecular weight excluding hydrogens is 631 g/mol. The van der Waals surface area contributed by atoms with Crippen LogP contribution in [0.2, 0.25) is 0 Å². The van der Waals surface area contributed by atoms with Crippen molar-refractivity contribution in [2.24, 2.45) is 0 Å². The fourth-order valence-electron chi connectivity index (χ4n) is 3.25. The number of urea groups is 1. The van der Waals surface area contributed by atoms with Gasteiger partial charge in [-0.15, -0.1) is 0 Å². The Bertz CT molecular complexity index is 1370. The van der Waals surface area contributed by atoms with Crippen LogP contribution in [0.15, 0.2) is 76.8 Å². The summed E-state index contributed by atoms with van der Waals surface area (Å²) in [4.78, 5) is 51.2. The van der Waals surface area contributed by atoms with Crippen molar-refractivity contribution in [2.45, 2.75) is 0 Å². The lowest BCUT2D eigenvalue weighted by Gasteiger charge is -2.26. The van der Waals surface area contributed by atoms with Crippen molar-refractivity contribution in [3.8, 4) is 11.5 Å². The Labute approximate surface area is 222 Å². The first-order chi connectivity index (χ1) is 16.8. The number of amides is 4. The number of carbonyl (C=O) groups is 4. The van der Waals surface area contributed by atoms with Gasteiger partial charge in [0.25, 0.3) is 11.8 Å². The number of hydrogen-bond donors (Lipinski definition) is 1. The van der Waals surface area contributed by atoms with Crippen molar-refractivity contribution >= 4 is 74.1 Å². The number of esters is 1. The molecule has 0 radical (unpaired) electrons. The molecule has 1 aliphatic heterocycles. The van der Waals surface area contributed by atoms with Crippen LogP contribution in [0, 0.1) is 3.57 Å². The van der Waals surface area contributed by atoms with Crippen LogP contribution in [0.25, 0.3) is 6.08 Å². The van der Waals surface area contributed by atoms with E-state index >= 15 is 0 Å². The second-order valence-electron chi connectivity index (χ2n) is 7.24. The topological polar surface area (TPSA) is 102 Å². The highest BCUT2D eigenvalue weighted by molar-refractivity contribution is 14.1. The minimum absolute atomic E-state index is 0.165. The van der Waals surface area contributed by atoms with E-state index in [1.54, 1.807) is 54.6 Å². The minimum atomic E-state index is -0.828. The average molecular weight is 647 g/mol. The number of nitrogens with zero attached hydrogens (tertiary/aromatic N) is 1. The van der Waals surface area contributed by atoms with Gasteiger partial charge in [0.05, 0.1) is 18.4 Å². The summed E-state index contributed by atoms with van der Waals surface area (Å²) >= 11 is 5.42. The Hall–Kier alpha value is -3.51. The zero-order chi connectivity index (χ0) is 25.1. The Kier molecular flexibility index (Phi) is 7.31. The zero-order valence-electron chi connectivity index (χ0n) is 18.1. The molecule has 0 bridgehead atoms. The van der Waals surface area contributed by atoms with Crippen LogP contribution in [-0.2, 0) is 9.59 Å². The van der Waals surface area contributed by atoms with Gasteiger partial charge in [-0.25, -0.2) is 14.5 Å². The van der Waals surface area contributed by atoms with Gasteiger partial charge in [0, 0.05) is 8.04 Å². The van der Waals surface area contributed by atoms with Gasteiger partial charge in [0.2, 0.25) is 0 Å². The molecule has 0 aliphatic carbocycles. The number of imide groups is 2. The molecule has 1 aliphatic rings. The van der Waals surface area contributed by atoms with E-state index in [0.717, 1.165) is 12.9 Å². The second-order valence-corrected chi connectivity index (χ2v) is 9.40. The minimum Gasteiger partial charge on any atom is -0.493 e. The van der Waals surface area contributed by atoms with Crippen molar-refractivity contribution in [3.05, 3.63) is 91.5 Å². The molecule has 1 heterocycles. The first-order valence-electron chi connectivity index (χ1n) is 10.1. The van der Waals surface area contributed by atoms with E-state index < -0.39 is 23.8 Å². The summed E-state index contributed by atoms with van der Waals surface area (Å²) in [7, 11) is 1.40. The number of carbonyl (C=O) groups excluding carboxylic acids is 4. The first kappa shape index (κ1) is 24.6. The summed E-state index contributed by atoms with van der Waals surface area (Å²) in [6.07, 6.45) is 1.34. The number of anilines is 1. The fourth-order valence-corrected chi connectivity index (χ4v) is 3.88. The number of benzene rings is 3. The molecule has 176 valence electrons. The van der Waals surface area contributed by atoms with Crippen LogP contribution in [0.4, 0.5) is 10.5 Å². The van der Waals surface area contributed by atoms with E-state index in [0.29, 0.717) is 16.8 Å². The van der Waals surface area contributed by atoms with Crippen LogP contribution in [0.3, 0.4) is 0 Å². The van der Waals surface area contributed by atoms with Gasteiger partial charge >= 0.3 is 12.0 Å². The van der Waals surface area contributed by atoms with Gasteiger partial charge in [-0.2, -0.15) is 0 Å². The summed E-state index contributed by atoms with van der Waals surface area (Å²) in [5.41, 5.74) is 0.885. The van der Waals surface area contributed by atoms with Gasteiger partial charge in [-0.05, 0) is 94.9 Å². The summed E-state index contributed by atoms with van der Waals surface area (Å²) in [6.45, 7) is 0. The van der Waals surface area contributed by atoms with E-state index in [-0.39, 0.29) is 17.1 Å². The van der Waals surface area contributed by atoms with E-state index in [1.807, 2.05) is 0 Å². The monoisotopic (exact) mass is 646 g/mol. The highest BCUT2D eigenvalue weighted by Gasteiger charge is 2.36. The normalized spacial score (nSPS) is 14.7. The summed E-state index contributed by atoms with van der Waals surface area (Å²) in [5.74, 6) is -1.76. The van der Waals surface area contributed by atoms with E-state index in [9.17, 15) is 19.2 Å². The van der Waals surface area contributed by atoms with Crippen molar-refractivity contribution < 1.29 is 28.7 Å².